The number of nitrogens with zero attached hydrogens (tertiary/aromatic N) is 2. The minimum atomic E-state index is 0.0779. The van der Waals surface area contributed by atoms with Gasteiger partial charge in [0.25, 0.3) is 5.91 Å². The Hall–Kier alpha value is -1.72. The van der Waals surface area contributed by atoms with Gasteiger partial charge in [-0.05, 0) is 31.5 Å². The van der Waals surface area contributed by atoms with E-state index >= 15 is 0 Å². The average Bonchev–Trinajstić information content (AvgIpc) is 3.18. The lowest BCUT2D eigenvalue weighted by atomic mass is 10.1. The molecule has 1 aliphatic heterocycles. The normalized spacial score (nSPS) is 17.9. The van der Waals surface area contributed by atoms with Crippen molar-refractivity contribution in [1.29, 1.82) is 0 Å². The summed E-state index contributed by atoms with van der Waals surface area (Å²) in [6.45, 7) is 2.65. The minimum absolute atomic E-state index is 0.0779. The molecular weight excluding hydrogens is 294 g/mol. The fraction of sp³-hybridized carbons (Fsp3) is 0.412. The number of amides is 1. The molecule has 2 heterocycles. The maximum Gasteiger partial charge on any atom is 0.273 e. The van der Waals surface area contributed by atoms with E-state index in [1.165, 1.54) is 5.56 Å². The fourth-order valence-electron chi connectivity index (χ4n) is 2.90. The number of carbonyl (C=O) groups excluding carboxylic acids is 1. The van der Waals surface area contributed by atoms with Crippen LogP contribution in [-0.4, -0.2) is 42.5 Å². The van der Waals surface area contributed by atoms with Gasteiger partial charge in [0.05, 0.1) is 5.01 Å². The van der Waals surface area contributed by atoms with Crippen LogP contribution in [-0.2, 0) is 6.42 Å². The maximum absolute atomic E-state index is 12.5. The molecule has 1 atom stereocenters. The zero-order valence-electron chi connectivity index (χ0n) is 12.8. The van der Waals surface area contributed by atoms with Gasteiger partial charge >= 0.3 is 0 Å². The summed E-state index contributed by atoms with van der Waals surface area (Å²) < 4.78 is 0. The van der Waals surface area contributed by atoms with Crippen LogP contribution in [0.4, 0.5) is 0 Å². The summed E-state index contributed by atoms with van der Waals surface area (Å²) >= 11 is 1.57. The van der Waals surface area contributed by atoms with Gasteiger partial charge in [-0.2, -0.15) is 0 Å². The predicted molar refractivity (Wildman–Crippen MR) is 89.3 cm³/mol. The first kappa shape index (κ1) is 15.2. The molecule has 4 nitrogen and oxygen atoms in total. The van der Waals surface area contributed by atoms with E-state index in [1.807, 2.05) is 35.5 Å². The van der Waals surface area contributed by atoms with Gasteiger partial charge in [0.2, 0.25) is 0 Å². The molecular formula is C17H21N3OS. The molecule has 1 saturated heterocycles. The third-order valence-electron chi connectivity index (χ3n) is 4.03. The maximum atomic E-state index is 12.5. The van der Waals surface area contributed by atoms with Crippen molar-refractivity contribution in [2.45, 2.75) is 12.8 Å². The highest BCUT2D eigenvalue weighted by Crippen LogP contribution is 2.20. The average molecular weight is 315 g/mol. The van der Waals surface area contributed by atoms with Gasteiger partial charge in [-0.25, -0.2) is 4.98 Å². The summed E-state index contributed by atoms with van der Waals surface area (Å²) in [6.07, 6.45) is 1.87. The molecule has 1 unspecified atom stereocenters. The number of likely N-dealkylation sites (tertiary alicyclic amines) is 1. The molecule has 5 heteroatoms. The van der Waals surface area contributed by atoms with Crippen LogP contribution in [0.15, 0.2) is 35.7 Å². The van der Waals surface area contributed by atoms with Crippen molar-refractivity contribution in [3.8, 4) is 0 Å². The lowest BCUT2D eigenvalue weighted by molar-refractivity contribution is 0.0782. The second-order valence-corrected chi connectivity index (χ2v) is 6.70. The molecule has 1 fully saturated rings. The topological polar surface area (TPSA) is 45.2 Å². The lowest BCUT2D eigenvalue weighted by Crippen LogP contribution is -2.30. The van der Waals surface area contributed by atoms with Gasteiger partial charge < -0.3 is 10.2 Å². The molecule has 1 aromatic heterocycles. The van der Waals surface area contributed by atoms with Crippen molar-refractivity contribution in [1.82, 2.24) is 15.2 Å². The summed E-state index contributed by atoms with van der Waals surface area (Å²) in [5.41, 5.74) is 1.83. The summed E-state index contributed by atoms with van der Waals surface area (Å²) in [4.78, 5) is 19.0. The van der Waals surface area contributed by atoms with Crippen LogP contribution in [0.1, 0.15) is 27.5 Å². The van der Waals surface area contributed by atoms with Crippen LogP contribution in [0.25, 0.3) is 0 Å². The quantitative estimate of drug-likeness (QED) is 0.921. The predicted octanol–water partition coefficient (Wildman–Crippen LogP) is 2.42. The van der Waals surface area contributed by atoms with Gasteiger partial charge in [-0.15, -0.1) is 11.3 Å². The molecule has 0 saturated carbocycles. The molecule has 1 aliphatic rings. The van der Waals surface area contributed by atoms with E-state index in [9.17, 15) is 4.79 Å². The van der Waals surface area contributed by atoms with Crippen LogP contribution < -0.4 is 5.32 Å². The summed E-state index contributed by atoms with van der Waals surface area (Å²) in [5, 5.41) is 6.08. The van der Waals surface area contributed by atoms with Gasteiger partial charge in [0.1, 0.15) is 5.69 Å². The van der Waals surface area contributed by atoms with Crippen LogP contribution in [0.3, 0.4) is 0 Å². The molecule has 1 N–H and O–H groups in total. The molecule has 22 heavy (non-hydrogen) atoms. The summed E-state index contributed by atoms with van der Waals surface area (Å²) in [6, 6.07) is 10.2. The van der Waals surface area contributed by atoms with Crippen molar-refractivity contribution in [3.63, 3.8) is 0 Å². The highest BCUT2D eigenvalue weighted by atomic mass is 32.1. The smallest absolute Gasteiger partial charge is 0.273 e. The number of hydrogen-bond acceptors (Lipinski definition) is 4. The molecule has 3 rings (SSSR count). The molecule has 116 valence electrons. The van der Waals surface area contributed by atoms with E-state index in [2.05, 4.69) is 22.4 Å². The van der Waals surface area contributed by atoms with Crippen LogP contribution in [0.2, 0.25) is 0 Å². The molecule has 1 aromatic carbocycles. The Morgan fingerprint density at radius 2 is 2.23 bits per heavy atom. The molecule has 0 aliphatic carbocycles. The second-order valence-electron chi connectivity index (χ2n) is 5.75. The second kappa shape index (κ2) is 7.03. The lowest BCUT2D eigenvalue weighted by Gasteiger charge is -2.15. The van der Waals surface area contributed by atoms with E-state index in [0.29, 0.717) is 11.6 Å². The highest BCUT2D eigenvalue weighted by Gasteiger charge is 2.27. The zero-order chi connectivity index (χ0) is 15.4. The monoisotopic (exact) mass is 315 g/mol. The molecule has 0 radical (unpaired) electrons. The highest BCUT2D eigenvalue weighted by molar-refractivity contribution is 7.09. The first-order valence-electron chi connectivity index (χ1n) is 7.68. The largest absolute Gasteiger partial charge is 0.337 e. The molecule has 1 amide bonds. The van der Waals surface area contributed by atoms with Crippen molar-refractivity contribution in [2.75, 3.05) is 26.7 Å². The van der Waals surface area contributed by atoms with Crippen molar-refractivity contribution < 1.29 is 4.79 Å². The zero-order valence-corrected chi connectivity index (χ0v) is 13.6. The van der Waals surface area contributed by atoms with E-state index in [-0.39, 0.29) is 5.91 Å². The van der Waals surface area contributed by atoms with Gasteiger partial charge in [0.15, 0.2) is 0 Å². The Kier molecular flexibility index (Phi) is 4.85. The first-order chi connectivity index (χ1) is 10.8. The number of rotatable bonds is 5. The molecule has 0 bridgehead atoms. The van der Waals surface area contributed by atoms with E-state index in [1.54, 1.807) is 11.3 Å². The Bertz CT molecular complexity index is 626. The number of benzene rings is 1. The number of carbonyl (C=O) groups is 1. The Morgan fingerprint density at radius 3 is 3.00 bits per heavy atom. The van der Waals surface area contributed by atoms with Crippen molar-refractivity contribution in [3.05, 3.63) is 52.0 Å². The molecule has 2 aromatic rings. The van der Waals surface area contributed by atoms with Gasteiger partial charge in [-0.1, -0.05) is 30.3 Å². The number of hydrogen-bond donors (Lipinski definition) is 1. The standard InChI is InChI=1S/C17H21N3OS/c1-18-10-14-7-8-20(11-14)17(21)15-12-22-16(19-15)9-13-5-3-2-4-6-13/h2-6,12,14,18H,7-11H2,1H3. The summed E-state index contributed by atoms with van der Waals surface area (Å²) in [7, 11) is 1.96. The van der Waals surface area contributed by atoms with Crippen molar-refractivity contribution in [2.24, 2.45) is 5.92 Å². The Balaban J connectivity index is 1.62. The van der Waals surface area contributed by atoms with Gasteiger partial charge in [-0.3, -0.25) is 4.79 Å². The molecule has 0 spiro atoms. The number of nitrogens with one attached hydrogen (secondary N) is 1. The van der Waals surface area contributed by atoms with Crippen LogP contribution in [0, 0.1) is 5.92 Å². The third-order valence-corrected chi connectivity index (χ3v) is 4.88. The summed E-state index contributed by atoms with van der Waals surface area (Å²) in [5.74, 6) is 0.644. The van der Waals surface area contributed by atoms with Crippen molar-refractivity contribution >= 4 is 17.2 Å². The SMILES string of the molecule is CNCC1CCN(C(=O)c2csc(Cc3ccccc3)n2)C1. The van der Waals surface area contributed by atoms with Gasteiger partial charge in [0, 0.05) is 24.9 Å². The van der Waals surface area contributed by atoms with E-state index < -0.39 is 0 Å². The van der Waals surface area contributed by atoms with Crippen LogP contribution in [0.5, 0.6) is 0 Å². The number of aromatic nitrogens is 1. The third kappa shape index (κ3) is 3.54. The Morgan fingerprint density at radius 1 is 1.41 bits per heavy atom. The fourth-order valence-corrected chi connectivity index (χ4v) is 3.70. The first-order valence-corrected chi connectivity index (χ1v) is 8.56. The van der Waals surface area contributed by atoms with E-state index in [4.69, 9.17) is 0 Å². The number of thiazole rings is 1. The Labute approximate surface area is 135 Å². The minimum Gasteiger partial charge on any atom is -0.337 e. The van der Waals surface area contributed by atoms with Crippen LogP contribution >= 0.6 is 11.3 Å². The van der Waals surface area contributed by atoms with E-state index in [0.717, 1.165) is 37.5 Å².